The molecule has 0 aliphatic heterocycles. The number of unbranched alkanes of at least 4 members (excludes halogenated alkanes) is 2. The van der Waals surface area contributed by atoms with Crippen LogP contribution in [0.3, 0.4) is 0 Å². The summed E-state index contributed by atoms with van der Waals surface area (Å²) in [5, 5.41) is 1.71. The van der Waals surface area contributed by atoms with Crippen molar-refractivity contribution in [3.63, 3.8) is 0 Å². The molecule has 0 unspecified atom stereocenters. The third kappa shape index (κ3) is 2.59. The Morgan fingerprint density at radius 1 is 1.33 bits per heavy atom. The molecule has 0 fully saturated rings. The number of halogens is 1. The molecule has 0 aliphatic carbocycles. The zero-order chi connectivity index (χ0) is 13.1. The van der Waals surface area contributed by atoms with Gasteiger partial charge in [0.05, 0.1) is 0 Å². The largest absolute Gasteiger partial charge is 0.350 e. The van der Waals surface area contributed by atoms with Crippen LogP contribution in [0, 0.1) is 0 Å². The summed E-state index contributed by atoms with van der Waals surface area (Å²) in [6.45, 7) is 2.14. The van der Waals surface area contributed by atoms with E-state index in [1.165, 1.54) is 0 Å². The minimum absolute atomic E-state index is 0.233. The summed E-state index contributed by atoms with van der Waals surface area (Å²) in [7, 11) is 1.95. The molecule has 2 rings (SSSR count). The van der Waals surface area contributed by atoms with Crippen molar-refractivity contribution < 1.29 is 4.79 Å². The number of ketones is 1. The van der Waals surface area contributed by atoms with Gasteiger partial charge in [-0.1, -0.05) is 37.4 Å². The van der Waals surface area contributed by atoms with Gasteiger partial charge < -0.3 is 4.57 Å². The zero-order valence-electron chi connectivity index (χ0n) is 10.9. The topological polar surface area (TPSA) is 22.0 Å². The van der Waals surface area contributed by atoms with Crippen LogP contribution in [0.25, 0.3) is 10.9 Å². The van der Waals surface area contributed by atoms with E-state index in [0.717, 1.165) is 35.7 Å². The van der Waals surface area contributed by atoms with Crippen LogP contribution in [0.5, 0.6) is 0 Å². The molecule has 0 saturated carbocycles. The summed E-state index contributed by atoms with van der Waals surface area (Å²) in [5.74, 6) is 0.233. The van der Waals surface area contributed by atoms with Crippen LogP contribution >= 0.6 is 11.6 Å². The number of rotatable bonds is 5. The fraction of sp³-hybridized carbons (Fsp3) is 0.400. The Kier molecular flexibility index (Phi) is 4.07. The normalized spacial score (nSPS) is 11.1. The Hall–Kier alpha value is -1.28. The highest BCUT2D eigenvalue weighted by molar-refractivity contribution is 6.31. The molecule has 3 heteroatoms. The maximum atomic E-state index is 12.2. The van der Waals surface area contributed by atoms with E-state index in [0.29, 0.717) is 11.4 Å². The number of benzene rings is 1. The highest BCUT2D eigenvalue weighted by Gasteiger charge is 2.13. The minimum atomic E-state index is 0.233. The van der Waals surface area contributed by atoms with Gasteiger partial charge in [-0.2, -0.15) is 0 Å². The van der Waals surface area contributed by atoms with Gasteiger partial charge in [0.15, 0.2) is 5.78 Å². The number of hydrogen-bond donors (Lipinski definition) is 0. The second kappa shape index (κ2) is 5.57. The Morgan fingerprint density at radius 2 is 2.11 bits per heavy atom. The van der Waals surface area contributed by atoms with Gasteiger partial charge in [-0.25, -0.2) is 0 Å². The molecule has 2 nitrogen and oxygen atoms in total. The Balaban J connectivity index is 2.31. The van der Waals surface area contributed by atoms with E-state index < -0.39 is 0 Å². The zero-order valence-corrected chi connectivity index (χ0v) is 11.6. The quantitative estimate of drug-likeness (QED) is 0.571. The van der Waals surface area contributed by atoms with Crippen molar-refractivity contribution in [2.75, 3.05) is 0 Å². The van der Waals surface area contributed by atoms with E-state index in [1.54, 1.807) is 0 Å². The number of carbonyl (C=O) groups is 1. The molecule has 0 N–H and O–H groups in total. The molecule has 0 spiro atoms. The summed E-state index contributed by atoms with van der Waals surface area (Å²) < 4.78 is 1.97. The number of Topliss-reactive ketones (excluding diaryl/α,β-unsaturated/α-hetero) is 1. The molecule has 0 amide bonds. The molecule has 0 atom stereocenters. The average Bonchev–Trinajstić information content (AvgIpc) is 2.67. The van der Waals surface area contributed by atoms with Crippen LogP contribution in [0.15, 0.2) is 24.4 Å². The number of nitrogens with zero attached hydrogens (tertiary/aromatic N) is 1. The smallest absolute Gasteiger partial charge is 0.165 e. The van der Waals surface area contributed by atoms with E-state index >= 15 is 0 Å². The fourth-order valence-corrected chi connectivity index (χ4v) is 2.42. The standard InChI is InChI=1S/C15H18ClNO/c1-3-4-5-6-15(18)13-10-17(2)14-9-11(16)7-8-12(13)14/h7-10H,3-6H2,1-2H3. The SMILES string of the molecule is CCCCCC(=O)c1cn(C)c2cc(Cl)ccc12. The predicted molar refractivity (Wildman–Crippen MR) is 76.4 cm³/mol. The van der Waals surface area contributed by atoms with Crippen molar-refractivity contribution in [3.8, 4) is 0 Å². The van der Waals surface area contributed by atoms with Crippen LogP contribution in [0.1, 0.15) is 43.0 Å². The maximum absolute atomic E-state index is 12.2. The number of fused-ring (bicyclic) bond motifs is 1. The van der Waals surface area contributed by atoms with Gasteiger partial charge in [0.2, 0.25) is 0 Å². The van der Waals surface area contributed by atoms with Gasteiger partial charge in [0, 0.05) is 41.2 Å². The third-order valence-electron chi connectivity index (χ3n) is 3.26. The van der Waals surface area contributed by atoms with E-state index in [1.807, 2.05) is 36.0 Å². The molecule has 1 aromatic carbocycles. The molecular formula is C15H18ClNO. The second-order valence-corrected chi connectivity index (χ2v) is 5.13. The summed E-state index contributed by atoms with van der Waals surface area (Å²) in [6.07, 6.45) is 5.77. The fourth-order valence-electron chi connectivity index (χ4n) is 2.25. The highest BCUT2D eigenvalue weighted by atomic mass is 35.5. The molecule has 0 saturated heterocycles. The summed E-state index contributed by atoms with van der Waals surface area (Å²) >= 11 is 5.98. The van der Waals surface area contributed by atoms with Crippen molar-refractivity contribution in [1.29, 1.82) is 0 Å². The minimum Gasteiger partial charge on any atom is -0.350 e. The van der Waals surface area contributed by atoms with Crippen molar-refractivity contribution >= 4 is 28.3 Å². The third-order valence-corrected chi connectivity index (χ3v) is 3.50. The molecule has 1 heterocycles. The lowest BCUT2D eigenvalue weighted by atomic mass is 10.0. The molecule has 0 radical (unpaired) electrons. The first kappa shape index (κ1) is 13.2. The number of aromatic nitrogens is 1. The molecule has 0 aliphatic rings. The summed E-state index contributed by atoms with van der Waals surface area (Å²) in [5.41, 5.74) is 1.83. The van der Waals surface area contributed by atoms with Gasteiger partial charge in [-0.05, 0) is 18.6 Å². The molecule has 0 bridgehead atoms. The van der Waals surface area contributed by atoms with E-state index in [2.05, 4.69) is 6.92 Å². The maximum Gasteiger partial charge on any atom is 0.165 e. The van der Waals surface area contributed by atoms with Crippen LogP contribution in [0.2, 0.25) is 5.02 Å². The summed E-state index contributed by atoms with van der Waals surface area (Å²) in [4.78, 5) is 12.2. The lowest BCUT2D eigenvalue weighted by Crippen LogP contribution is -1.97. The predicted octanol–water partition coefficient (Wildman–Crippen LogP) is 4.59. The van der Waals surface area contributed by atoms with Crippen LogP contribution in [-0.2, 0) is 7.05 Å². The second-order valence-electron chi connectivity index (χ2n) is 4.70. The first-order chi connectivity index (χ1) is 8.63. The number of hydrogen-bond acceptors (Lipinski definition) is 1. The lowest BCUT2D eigenvalue weighted by Gasteiger charge is -1.99. The van der Waals surface area contributed by atoms with Crippen LogP contribution in [-0.4, -0.2) is 10.4 Å². The van der Waals surface area contributed by atoms with E-state index in [9.17, 15) is 4.79 Å². The Labute approximate surface area is 113 Å². The van der Waals surface area contributed by atoms with Crippen LogP contribution < -0.4 is 0 Å². The highest BCUT2D eigenvalue weighted by Crippen LogP contribution is 2.25. The van der Waals surface area contributed by atoms with Gasteiger partial charge in [-0.3, -0.25) is 4.79 Å². The van der Waals surface area contributed by atoms with Crippen molar-refractivity contribution in [2.45, 2.75) is 32.6 Å². The molecular weight excluding hydrogens is 246 g/mol. The molecule has 18 heavy (non-hydrogen) atoms. The van der Waals surface area contributed by atoms with Crippen molar-refractivity contribution in [3.05, 3.63) is 35.0 Å². The van der Waals surface area contributed by atoms with Gasteiger partial charge in [0.25, 0.3) is 0 Å². The lowest BCUT2D eigenvalue weighted by molar-refractivity contribution is 0.0980. The average molecular weight is 264 g/mol. The van der Waals surface area contributed by atoms with Crippen molar-refractivity contribution in [1.82, 2.24) is 4.57 Å². The number of aryl methyl sites for hydroxylation is 1. The monoisotopic (exact) mass is 263 g/mol. The summed E-state index contributed by atoms with van der Waals surface area (Å²) in [6, 6.07) is 5.68. The Morgan fingerprint density at radius 3 is 2.83 bits per heavy atom. The van der Waals surface area contributed by atoms with Crippen molar-refractivity contribution in [2.24, 2.45) is 7.05 Å². The molecule has 96 valence electrons. The molecule has 1 aromatic heterocycles. The molecule has 2 aromatic rings. The van der Waals surface area contributed by atoms with Crippen LogP contribution in [0.4, 0.5) is 0 Å². The van der Waals surface area contributed by atoms with E-state index in [-0.39, 0.29) is 5.78 Å². The van der Waals surface area contributed by atoms with Gasteiger partial charge in [0.1, 0.15) is 0 Å². The van der Waals surface area contributed by atoms with Gasteiger partial charge >= 0.3 is 0 Å². The Bertz CT molecular complexity index is 571. The first-order valence-electron chi connectivity index (χ1n) is 6.41. The number of carbonyl (C=O) groups excluding carboxylic acids is 1. The van der Waals surface area contributed by atoms with E-state index in [4.69, 9.17) is 11.6 Å². The van der Waals surface area contributed by atoms with Gasteiger partial charge in [-0.15, -0.1) is 0 Å². The first-order valence-corrected chi connectivity index (χ1v) is 6.79.